The molecule has 0 spiro atoms. The van der Waals surface area contributed by atoms with E-state index in [2.05, 4.69) is 10.6 Å². The maximum Gasteiger partial charge on any atom is 0.257 e. The lowest BCUT2D eigenvalue weighted by molar-refractivity contribution is -0.123. The Morgan fingerprint density at radius 2 is 1.86 bits per heavy atom. The predicted octanol–water partition coefficient (Wildman–Crippen LogP) is 2.76. The fourth-order valence-corrected chi connectivity index (χ4v) is 3.06. The number of halogens is 1. The second-order valence-electron chi connectivity index (χ2n) is 5.72. The fraction of sp³-hybridized carbons (Fsp3) is 0.300. The first kappa shape index (κ1) is 21.6. The zero-order chi connectivity index (χ0) is 20.4. The third kappa shape index (κ3) is 6.77. The van der Waals surface area contributed by atoms with Gasteiger partial charge in [-0.2, -0.15) is 0 Å². The molecule has 0 aliphatic rings. The molecule has 0 unspecified atom stereocenters. The van der Waals surface area contributed by atoms with Crippen LogP contribution in [0.2, 0.25) is 0 Å². The summed E-state index contributed by atoms with van der Waals surface area (Å²) in [6, 6.07) is 11.5. The fourth-order valence-electron chi connectivity index (χ4n) is 2.29. The third-order valence-corrected chi connectivity index (χ3v) is 4.69. The first-order valence-corrected chi connectivity index (χ1v) is 9.72. The Hall–Kier alpha value is -2.74. The van der Waals surface area contributed by atoms with Gasteiger partial charge in [0, 0.05) is 18.0 Å². The molecular formula is C20H23FN2O4S. The van der Waals surface area contributed by atoms with Gasteiger partial charge in [-0.15, -0.1) is 11.8 Å². The molecule has 8 heteroatoms. The summed E-state index contributed by atoms with van der Waals surface area (Å²) in [5, 5.41) is 5.43. The molecule has 0 aliphatic heterocycles. The molecule has 0 saturated heterocycles. The zero-order valence-corrected chi connectivity index (χ0v) is 16.6. The van der Waals surface area contributed by atoms with Crippen molar-refractivity contribution in [3.63, 3.8) is 0 Å². The smallest absolute Gasteiger partial charge is 0.257 e. The van der Waals surface area contributed by atoms with Crippen LogP contribution in [0.4, 0.5) is 4.39 Å². The first-order valence-electron chi connectivity index (χ1n) is 8.74. The van der Waals surface area contributed by atoms with Crippen molar-refractivity contribution in [3.8, 4) is 11.5 Å². The van der Waals surface area contributed by atoms with Crippen molar-refractivity contribution < 1.29 is 23.5 Å². The Kier molecular flexibility index (Phi) is 8.61. The minimum absolute atomic E-state index is 0.104. The average molecular weight is 406 g/mol. The highest BCUT2D eigenvalue weighted by atomic mass is 32.2. The van der Waals surface area contributed by atoms with Crippen LogP contribution in [0.3, 0.4) is 0 Å². The van der Waals surface area contributed by atoms with Crippen molar-refractivity contribution in [2.24, 2.45) is 0 Å². The quantitative estimate of drug-likeness (QED) is 0.594. The van der Waals surface area contributed by atoms with Crippen LogP contribution in [-0.4, -0.2) is 37.8 Å². The Morgan fingerprint density at radius 3 is 2.57 bits per heavy atom. The van der Waals surface area contributed by atoms with E-state index in [-0.39, 0.29) is 30.0 Å². The molecule has 2 aromatic rings. The molecule has 0 radical (unpaired) electrons. The van der Waals surface area contributed by atoms with Crippen molar-refractivity contribution in [2.75, 3.05) is 26.0 Å². The Balaban J connectivity index is 1.85. The average Bonchev–Trinajstić information content (AvgIpc) is 2.70. The highest BCUT2D eigenvalue weighted by Crippen LogP contribution is 2.28. The second kappa shape index (κ2) is 11.2. The number of likely N-dealkylation sites (N-methyl/N-ethyl adjacent to an activating group) is 1. The number of carbonyl (C=O) groups is 2. The van der Waals surface area contributed by atoms with Gasteiger partial charge < -0.3 is 20.1 Å². The van der Waals surface area contributed by atoms with Crippen LogP contribution in [0.1, 0.15) is 12.5 Å². The molecule has 2 amide bonds. The number of rotatable bonds is 10. The van der Waals surface area contributed by atoms with Gasteiger partial charge in [-0.3, -0.25) is 9.59 Å². The van der Waals surface area contributed by atoms with Crippen LogP contribution < -0.4 is 20.1 Å². The van der Waals surface area contributed by atoms with Crippen LogP contribution in [0.15, 0.2) is 47.4 Å². The number of benzene rings is 2. The Labute approximate surface area is 167 Å². The lowest BCUT2D eigenvalue weighted by Gasteiger charge is -2.12. The number of amides is 2. The van der Waals surface area contributed by atoms with Crippen molar-refractivity contribution in [1.29, 1.82) is 0 Å². The number of ether oxygens (including phenoxy) is 2. The van der Waals surface area contributed by atoms with Crippen LogP contribution in [-0.2, 0) is 16.1 Å². The summed E-state index contributed by atoms with van der Waals surface area (Å²) in [5.41, 5.74) is 0.812. The highest BCUT2D eigenvalue weighted by Gasteiger charge is 2.10. The summed E-state index contributed by atoms with van der Waals surface area (Å²) < 4.78 is 24.3. The molecule has 0 bridgehead atoms. The summed E-state index contributed by atoms with van der Waals surface area (Å²) in [6.45, 7) is 2.56. The zero-order valence-electron chi connectivity index (χ0n) is 15.8. The molecule has 2 aromatic carbocycles. The molecule has 0 saturated carbocycles. The van der Waals surface area contributed by atoms with Gasteiger partial charge >= 0.3 is 0 Å². The summed E-state index contributed by atoms with van der Waals surface area (Å²) >= 11 is 1.14. The van der Waals surface area contributed by atoms with E-state index >= 15 is 0 Å². The number of hydrogen-bond acceptors (Lipinski definition) is 5. The maximum atomic E-state index is 13.6. The number of methoxy groups -OCH3 is 1. The first-order chi connectivity index (χ1) is 13.5. The lowest BCUT2D eigenvalue weighted by Crippen LogP contribution is -2.28. The third-order valence-electron chi connectivity index (χ3n) is 3.65. The molecule has 0 heterocycles. The monoisotopic (exact) mass is 406 g/mol. The minimum atomic E-state index is -0.340. The minimum Gasteiger partial charge on any atom is -0.493 e. The van der Waals surface area contributed by atoms with Crippen molar-refractivity contribution >= 4 is 23.6 Å². The number of thioether (sulfide) groups is 1. The van der Waals surface area contributed by atoms with E-state index < -0.39 is 0 Å². The van der Waals surface area contributed by atoms with Gasteiger partial charge in [0.15, 0.2) is 18.1 Å². The van der Waals surface area contributed by atoms with Crippen molar-refractivity contribution in [3.05, 3.63) is 53.8 Å². The highest BCUT2D eigenvalue weighted by molar-refractivity contribution is 8.00. The largest absolute Gasteiger partial charge is 0.493 e. The van der Waals surface area contributed by atoms with E-state index in [4.69, 9.17) is 9.47 Å². The standard InChI is InChI=1S/C20H23FN2O4S/c1-3-22-19(24)12-27-16-9-8-14(10-17(16)26-2)11-23-20(25)13-28-18-7-5-4-6-15(18)21/h4-10H,3,11-13H2,1-2H3,(H,22,24)(H,23,25). The van der Waals surface area contributed by atoms with Gasteiger partial charge in [-0.25, -0.2) is 4.39 Å². The van der Waals surface area contributed by atoms with Crippen molar-refractivity contribution in [1.82, 2.24) is 10.6 Å². The van der Waals surface area contributed by atoms with Crippen LogP contribution in [0.25, 0.3) is 0 Å². The van der Waals surface area contributed by atoms with Gasteiger partial charge in [-0.1, -0.05) is 18.2 Å². The van der Waals surface area contributed by atoms with E-state index in [0.717, 1.165) is 17.3 Å². The van der Waals surface area contributed by atoms with E-state index in [1.807, 2.05) is 6.92 Å². The molecular weight excluding hydrogens is 383 g/mol. The summed E-state index contributed by atoms with van der Waals surface area (Å²) in [6.07, 6.45) is 0. The van der Waals surface area contributed by atoms with E-state index in [1.54, 1.807) is 36.4 Å². The van der Waals surface area contributed by atoms with Gasteiger partial charge in [0.2, 0.25) is 5.91 Å². The van der Waals surface area contributed by atoms with Gasteiger partial charge in [0.25, 0.3) is 5.91 Å². The normalized spacial score (nSPS) is 10.2. The molecule has 6 nitrogen and oxygen atoms in total. The van der Waals surface area contributed by atoms with E-state index in [0.29, 0.717) is 29.5 Å². The second-order valence-corrected chi connectivity index (χ2v) is 6.74. The summed E-state index contributed by atoms with van der Waals surface area (Å²) in [5.74, 6) is 0.271. The molecule has 0 aromatic heterocycles. The summed E-state index contributed by atoms with van der Waals surface area (Å²) in [7, 11) is 1.50. The number of carbonyl (C=O) groups excluding carboxylic acids is 2. The van der Waals surface area contributed by atoms with E-state index in [1.165, 1.54) is 13.2 Å². The maximum absolute atomic E-state index is 13.6. The summed E-state index contributed by atoms with van der Waals surface area (Å²) in [4.78, 5) is 23.9. The van der Waals surface area contributed by atoms with Gasteiger partial charge in [0.05, 0.1) is 12.9 Å². The molecule has 0 fully saturated rings. The van der Waals surface area contributed by atoms with Gasteiger partial charge in [-0.05, 0) is 36.8 Å². The molecule has 2 N–H and O–H groups in total. The molecule has 28 heavy (non-hydrogen) atoms. The van der Waals surface area contributed by atoms with Crippen LogP contribution >= 0.6 is 11.8 Å². The number of hydrogen-bond donors (Lipinski definition) is 2. The molecule has 0 aliphatic carbocycles. The molecule has 150 valence electrons. The van der Waals surface area contributed by atoms with Crippen LogP contribution in [0.5, 0.6) is 11.5 Å². The molecule has 0 atom stereocenters. The topological polar surface area (TPSA) is 76.7 Å². The number of nitrogens with one attached hydrogen (secondary N) is 2. The van der Waals surface area contributed by atoms with Crippen LogP contribution in [0, 0.1) is 5.82 Å². The molecule has 2 rings (SSSR count). The lowest BCUT2D eigenvalue weighted by atomic mass is 10.2. The Morgan fingerprint density at radius 1 is 1.07 bits per heavy atom. The predicted molar refractivity (Wildman–Crippen MR) is 106 cm³/mol. The van der Waals surface area contributed by atoms with Gasteiger partial charge in [0.1, 0.15) is 5.82 Å². The van der Waals surface area contributed by atoms with Crippen molar-refractivity contribution in [2.45, 2.75) is 18.4 Å². The Bertz CT molecular complexity index is 817. The van der Waals surface area contributed by atoms with E-state index in [9.17, 15) is 14.0 Å². The SMILES string of the molecule is CCNC(=O)COc1ccc(CNC(=O)CSc2ccccc2F)cc1OC.